The molecule has 0 aromatic carbocycles. The van der Waals surface area contributed by atoms with Gasteiger partial charge in [0.1, 0.15) is 0 Å². The molecule has 138 valence electrons. The minimum absolute atomic E-state index is 0.341. The van der Waals surface area contributed by atoms with Crippen molar-refractivity contribution < 1.29 is 8.85 Å². The Morgan fingerprint density at radius 1 is 0.609 bits per heavy atom. The van der Waals surface area contributed by atoms with Crippen LogP contribution in [0.3, 0.4) is 0 Å². The Labute approximate surface area is 148 Å². The molecule has 0 N–H and O–H groups in total. The zero-order valence-electron chi connectivity index (χ0n) is 17.1. The molecule has 0 spiro atoms. The smallest absolute Gasteiger partial charge is 0.192 e. The lowest BCUT2D eigenvalue weighted by Crippen LogP contribution is -2.49. The van der Waals surface area contributed by atoms with E-state index >= 15 is 0 Å². The molecule has 0 aromatic heterocycles. The molecule has 0 amide bonds. The van der Waals surface area contributed by atoms with E-state index in [9.17, 15) is 0 Å². The Morgan fingerprint density at radius 2 is 0.870 bits per heavy atom. The van der Waals surface area contributed by atoms with Crippen molar-refractivity contribution in [1.29, 1.82) is 0 Å². The summed E-state index contributed by atoms with van der Waals surface area (Å²) in [6.07, 6.45) is 1.94. The summed E-state index contributed by atoms with van der Waals surface area (Å²) < 4.78 is 13.9. The predicted molar refractivity (Wildman–Crippen MR) is 107 cm³/mol. The van der Waals surface area contributed by atoms with Gasteiger partial charge in [0.15, 0.2) is 16.6 Å². The highest BCUT2D eigenvalue weighted by molar-refractivity contribution is 6.74. The zero-order valence-corrected chi connectivity index (χ0v) is 19.1. The first-order valence-corrected chi connectivity index (χ1v) is 15.3. The summed E-state index contributed by atoms with van der Waals surface area (Å²) in [6, 6.07) is 7.43. The standard InChI is InChI=1S/C19H42O2Si2/c1-9-22(10-2,11-3)20-18-16(7)15-17(8)19(18)21-23(12-4,13-5)14-6/h16-19H,9-15H2,1-8H3. The summed E-state index contributed by atoms with van der Waals surface area (Å²) in [5, 5.41) is 0. The molecular weight excluding hydrogens is 316 g/mol. The van der Waals surface area contributed by atoms with Crippen molar-refractivity contribution in [2.75, 3.05) is 0 Å². The monoisotopic (exact) mass is 358 g/mol. The van der Waals surface area contributed by atoms with E-state index in [-0.39, 0.29) is 0 Å². The van der Waals surface area contributed by atoms with Gasteiger partial charge in [0.25, 0.3) is 0 Å². The molecule has 4 heteroatoms. The van der Waals surface area contributed by atoms with Crippen LogP contribution in [0.2, 0.25) is 36.3 Å². The summed E-state index contributed by atoms with van der Waals surface area (Å²) in [5.74, 6) is 1.28. The normalized spacial score (nSPS) is 29.2. The molecule has 1 rings (SSSR count). The lowest BCUT2D eigenvalue weighted by molar-refractivity contribution is 0.0282. The van der Waals surface area contributed by atoms with Crippen LogP contribution in [0.15, 0.2) is 0 Å². The highest BCUT2D eigenvalue weighted by Crippen LogP contribution is 2.41. The fraction of sp³-hybridized carbons (Fsp3) is 1.00. The lowest BCUT2D eigenvalue weighted by atomic mass is 10.1. The third-order valence-electron chi connectivity index (χ3n) is 6.83. The second-order valence-corrected chi connectivity index (χ2v) is 17.3. The maximum absolute atomic E-state index is 6.96. The van der Waals surface area contributed by atoms with Crippen molar-refractivity contribution in [3.8, 4) is 0 Å². The minimum atomic E-state index is -1.57. The quantitative estimate of drug-likeness (QED) is 0.418. The summed E-state index contributed by atoms with van der Waals surface area (Å²) >= 11 is 0. The van der Waals surface area contributed by atoms with Crippen molar-refractivity contribution >= 4 is 16.6 Å². The van der Waals surface area contributed by atoms with Gasteiger partial charge in [0.2, 0.25) is 0 Å². The molecule has 23 heavy (non-hydrogen) atoms. The largest absolute Gasteiger partial charge is 0.411 e. The molecule has 0 aliphatic heterocycles. The first-order chi connectivity index (χ1) is 10.9. The van der Waals surface area contributed by atoms with E-state index < -0.39 is 16.6 Å². The number of rotatable bonds is 10. The van der Waals surface area contributed by atoms with Crippen LogP contribution in [-0.4, -0.2) is 28.8 Å². The average Bonchev–Trinajstić information content (AvgIpc) is 2.83. The zero-order chi connectivity index (χ0) is 17.7. The van der Waals surface area contributed by atoms with Gasteiger partial charge >= 0.3 is 0 Å². The van der Waals surface area contributed by atoms with E-state index in [1.807, 2.05) is 0 Å². The molecule has 4 unspecified atom stereocenters. The molecule has 1 aliphatic rings. The van der Waals surface area contributed by atoms with Crippen molar-refractivity contribution in [3.63, 3.8) is 0 Å². The fourth-order valence-corrected chi connectivity index (χ4v) is 10.3. The minimum Gasteiger partial charge on any atom is -0.411 e. The van der Waals surface area contributed by atoms with Gasteiger partial charge < -0.3 is 8.85 Å². The fourth-order valence-electron chi connectivity index (χ4n) is 4.45. The maximum Gasteiger partial charge on any atom is 0.192 e. The Hall–Kier alpha value is 0.354. The molecule has 0 saturated heterocycles. The van der Waals surface area contributed by atoms with Crippen LogP contribution >= 0.6 is 0 Å². The summed E-state index contributed by atoms with van der Waals surface area (Å²) in [4.78, 5) is 0. The summed E-state index contributed by atoms with van der Waals surface area (Å²) in [7, 11) is -3.13. The second-order valence-electron chi connectivity index (χ2n) is 7.84. The molecule has 0 radical (unpaired) electrons. The van der Waals surface area contributed by atoms with Gasteiger partial charge in [-0.3, -0.25) is 0 Å². The first kappa shape index (κ1) is 21.4. The van der Waals surface area contributed by atoms with Gasteiger partial charge in [-0.1, -0.05) is 55.4 Å². The van der Waals surface area contributed by atoms with Crippen LogP contribution in [-0.2, 0) is 8.85 Å². The molecular formula is C19H42O2Si2. The molecule has 0 heterocycles. The first-order valence-electron chi connectivity index (χ1n) is 10.2. The predicted octanol–water partition coefficient (Wildman–Crippen LogP) is 6.44. The highest BCUT2D eigenvalue weighted by atomic mass is 28.4. The van der Waals surface area contributed by atoms with E-state index in [1.54, 1.807) is 0 Å². The Bertz CT molecular complexity index is 292. The maximum atomic E-state index is 6.96. The SMILES string of the molecule is CC[Si](CC)(CC)OC1C(C)CC(C)C1O[Si](CC)(CC)CC. The Balaban J connectivity index is 2.99. The van der Waals surface area contributed by atoms with E-state index in [0.29, 0.717) is 24.0 Å². The Morgan fingerprint density at radius 3 is 1.09 bits per heavy atom. The second kappa shape index (κ2) is 9.16. The summed E-state index contributed by atoms with van der Waals surface area (Å²) in [6.45, 7) is 18.8. The molecule has 1 fully saturated rings. The average molecular weight is 359 g/mol. The van der Waals surface area contributed by atoms with Gasteiger partial charge in [-0.2, -0.15) is 0 Å². The highest BCUT2D eigenvalue weighted by Gasteiger charge is 2.47. The van der Waals surface area contributed by atoms with Gasteiger partial charge in [-0.15, -0.1) is 0 Å². The number of hydrogen-bond donors (Lipinski definition) is 0. The van der Waals surface area contributed by atoms with Gasteiger partial charge in [-0.05, 0) is 54.5 Å². The lowest BCUT2D eigenvalue weighted by Gasteiger charge is -2.40. The molecule has 1 aliphatic carbocycles. The third-order valence-corrected chi connectivity index (χ3v) is 16.1. The molecule has 0 aromatic rings. The van der Waals surface area contributed by atoms with Crippen molar-refractivity contribution in [3.05, 3.63) is 0 Å². The summed E-state index contributed by atoms with van der Waals surface area (Å²) in [5.41, 5.74) is 0. The number of hydrogen-bond acceptors (Lipinski definition) is 2. The van der Waals surface area contributed by atoms with E-state index in [2.05, 4.69) is 55.4 Å². The van der Waals surface area contributed by atoms with Crippen LogP contribution in [0.25, 0.3) is 0 Å². The van der Waals surface area contributed by atoms with Crippen LogP contribution in [0.1, 0.15) is 61.8 Å². The molecule has 2 nitrogen and oxygen atoms in total. The van der Waals surface area contributed by atoms with Crippen LogP contribution < -0.4 is 0 Å². The van der Waals surface area contributed by atoms with Crippen molar-refractivity contribution in [2.24, 2.45) is 11.8 Å². The topological polar surface area (TPSA) is 18.5 Å². The van der Waals surface area contributed by atoms with Gasteiger partial charge in [0.05, 0.1) is 12.2 Å². The van der Waals surface area contributed by atoms with E-state index in [1.165, 1.54) is 42.7 Å². The third kappa shape index (κ3) is 4.71. The van der Waals surface area contributed by atoms with Crippen molar-refractivity contribution in [2.45, 2.75) is 110 Å². The molecule has 4 atom stereocenters. The van der Waals surface area contributed by atoms with E-state index in [0.717, 1.165) is 0 Å². The Kier molecular flexibility index (Phi) is 8.52. The van der Waals surface area contributed by atoms with Gasteiger partial charge in [-0.25, -0.2) is 0 Å². The van der Waals surface area contributed by atoms with Crippen LogP contribution in [0.4, 0.5) is 0 Å². The molecule has 0 bridgehead atoms. The van der Waals surface area contributed by atoms with Crippen molar-refractivity contribution in [1.82, 2.24) is 0 Å². The van der Waals surface area contributed by atoms with E-state index in [4.69, 9.17) is 8.85 Å². The van der Waals surface area contributed by atoms with Gasteiger partial charge in [0, 0.05) is 0 Å². The van der Waals surface area contributed by atoms with Crippen LogP contribution in [0.5, 0.6) is 0 Å². The molecule has 1 saturated carbocycles. The van der Waals surface area contributed by atoms with Crippen LogP contribution in [0, 0.1) is 11.8 Å².